The summed E-state index contributed by atoms with van der Waals surface area (Å²) >= 11 is 0. The predicted octanol–water partition coefficient (Wildman–Crippen LogP) is 1.93. The van der Waals surface area contributed by atoms with Crippen LogP contribution in [0.25, 0.3) is 0 Å². The van der Waals surface area contributed by atoms with Crippen LogP contribution in [0.3, 0.4) is 0 Å². The van der Waals surface area contributed by atoms with Gasteiger partial charge in [0.2, 0.25) is 0 Å². The van der Waals surface area contributed by atoms with Gasteiger partial charge in [-0.05, 0) is 17.7 Å². The third kappa shape index (κ3) is 3.07. The van der Waals surface area contributed by atoms with E-state index >= 15 is 0 Å². The summed E-state index contributed by atoms with van der Waals surface area (Å²) in [4.78, 5) is 17.7. The van der Waals surface area contributed by atoms with Gasteiger partial charge in [0.15, 0.2) is 6.10 Å². The third-order valence-corrected chi connectivity index (χ3v) is 2.42. The number of hydrogen-bond acceptors (Lipinski definition) is 3. The summed E-state index contributed by atoms with van der Waals surface area (Å²) in [5.41, 5.74) is 5.83. The van der Waals surface area contributed by atoms with Crippen LogP contribution in [0.1, 0.15) is 17.5 Å². The van der Waals surface area contributed by atoms with Crippen LogP contribution >= 0.6 is 0 Å². The predicted molar refractivity (Wildman–Crippen MR) is 62.1 cm³/mol. The van der Waals surface area contributed by atoms with E-state index in [4.69, 9.17) is 10.5 Å². The van der Waals surface area contributed by atoms with E-state index in [0.717, 1.165) is 5.56 Å². The number of halogens is 1. The second kappa shape index (κ2) is 5.31. The van der Waals surface area contributed by atoms with Crippen molar-refractivity contribution in [2.75, 3.05) is 0 Å². The topological polar surface area (TPSA) is 81.0 Å². The van der Waals surface area contributed by atoms with Gasteiger partial charge in [0, 0.05) is 18.8 Å². The van der Waals surface area contributed by atoms with Crippen molar-refractivity contribution < 1.29 is 13.9 Å². The molecule has 1 heterocycles. The van der Waals surface area contributed by atoms with E-state index < -0.39 is 12.2 Å². The summed E-state index contributed by atoms with van der Waals surface area (Å²) in [5.74, 6) is 0.183. The second-order valence-electron chi connectivity index (χ2n) is 3.73. The molecule has 0 bridgehead atoms. The molecule has 0 aliphatic carbocycles. The van der Waals surface area contributed by atoms with Crippen molar-refractivity contribution in [3.8, 4) is 0 Å². The summed E-state index contributed by atoms with van der Waals surface area (Å²) in [7, 11) is 0. The number of H-pyrrole nitrogens is 1. The molecule has 1 aromatic carbocycles. The van der Waals surface area contributed by atoms with Gasteiger partial charge >= 0.3 is 6.09 Å². The van der Waals surface area contributed by atoms with Crippen molar-refractivity contribution in [3.05, 3.63) is 53.9 Å². The number of rotatable bonds is 4. The lowest BCUT2D eigenvalue weighted by atomic mass is 10.1. The first kappa shape index (κ1) is 12.1. The minimum absolute atomic E-state index is 0.316. The molecule has 1 amide bonds. The maximum absolute atomic E-state index is 12.8. The fraction of sp³-hybridized carbons (Fsp3) is 0.167. The summed E-state index contributed by atoms with van der Waals surface area (Å²) in [5, 5.41) is 0. The van der Waals surface area contributed by atoms with Gasteiger partial charge in [-0.1, -0.05) is 12.1 Å². The molecule has 1 atom stereocenters. The van der Waals surface area contributed by atoms with Gasteiger partial charge in [0.05, 0.1) is 0 Å². The lowest BCUT2D eigenvalue weighted by molar-refractivity contribution is 0.102. The molecule has 6 heteroatoms. The smallest absolute Gasteiger partial charge is 0.405 e. The average molecular weight is 249 g/mol. The highest BCUT2D eigenvalue weighted by atomic mass is 19.1. The third-order valence-electron chi connectivity index (χ3n) is 2.42. The first-order valence-electron chi connectivity index (χ1n) is 5.35. The monoisotopic (exact) mass is 249 g/mol. The van der Waals surface area contributed by atoms with E-state index in [0.29, 0.717) is 12.2 Å². The zero-order valence-corrected chi connectivity index (χ0v) is 9.47. The Balaban J connectivity index is 2.15. The van der Waals surface area contributed by atoms with Crippen LogP contribution in [0.5, 0.6) is 0 Å². The number of nitrogens with zero attached hydrogens (tertiary/aromatic N) is 1. The number of imidazole rings is 1. The number of nitrogens with one attached hydrogen (secondary N) is 1. The molecule has 18 heavy (non-hydrogen) atoms. The maximum Gasteiger partial charge on any atom is 0.405 e. The zero-order valence-electron chi connectivity index (χ0n) is 9.47. The van der Waals surface area contributed by atoms with Gasteiger partial charge < -0.3 is 15.5 Å². The summed E-state index contributed by atoms with van der Waals surface area (Å²) in [6, 6.07) is 5.93. The lowest BCUT2D eigenvalue weighted by Crippen LogP contribution is -2.19. The molecule has 2 aromatic rings. The number of hydrogen-bond donors (Lipinski definition) is 2. The molecular formula is C12H12FN3O2. The Hall–Kier alpha value is -2.37. The van der Waals surface area contributed by atoms with E-state index in [1.807, 2.05) is 0 Å². The van der Waals surface area contributed by atoms with Gasteiger partial charge in [-0.15, -0.1) is 0 Å². The number of carbonyl (C=O) groups excluding carboxylic acids is 1. The zero-order chi connectivity index (χ0) is 13.0. The molecule has 94 valence electrons. The Labute approximate surface area is 103 Å². The van der Waals surface area contributed by atoms with Crippen molar-refractivity contribution in [2.45, 2.75) is 12.5 Å². The Morgan fingerprint density at radius 1 is 1.44 bits per heavy atom. The highest BCUT2D eigenvalue weighted by molar-refractivity contribution is 5.64. The van der Waals surface area contributed by atoms with Gasteiger partial charge in [-0.3, -0.25) is 0 Å². The van der Waals surface area contributed by atoms with E-state index in [-0.39, 0.29) is 5.82 Å². The quantitative estimate of drug-likeness (QED) is 0.868. The first-order valence-corrected chi connectivity index (χ1v) is 5.35. The summed E-state index contributed by atoms with van der Waals surface area (Å²) in [6.07, 6.45) is 2.06. The lowest BCUT2D eigenvalue weighted by Gasteiger charge is -2.14. The van der Waals surface area contributed by atoms with E-state index in [2.05, 4.69) is 9.97 Å². The molecule has 0 radical (unpaired) electrons. The van der Waals surface area contributed by atoms with Gasteiger partial charge in [-0.25, -0.2) is 14.2 Å². The van der Waals surface area contributed by atoms with Crippen LogP contribution < -0.4 is 5.73 Å². The molecule has 3 N–H and O–H groups in total. The van der Waals surface area contributed by atoms with E-state index in [1.165, 1.54) is 12.1 Å². The van der Waals surface area contributed by atoms with Crippen LogP contribution in [0.2, 0.25) is 0 Å². The number of benzene rings is 1. The van der Waals surface area contributed by atoms with E-state index in [9.17, 15) is 9.18 Å². The van der Waals surface area contributed by atoms with E-state index in [1.54, 1.807) is 24.5 Å². The number of carbonyl (C=O) groups is 1. The van der Waals surface area contributed by atoms with Gasteiger partial charge in [0.25, 0.3) is 0 Å². The SMILES string of the molecule is NC(=O)O[C@@H](Cc1ccc(F)cc1)c1ncc[nH]1. The fourth-order valence-electron chi connectivity index (χ4n) is 1.62. The van der Waals surface area contributed by atoms with Crippen LogP contribution in [0.15, 0.2) is 36.7 Å². The van der Waals surface area contributed by atoms with Crippen molar-refractivity contribution >= 4 is 6.09 Å². The van der Waals surface area contributed by atoms with Gasteiger partial charge in [0.1, 0.15) is 11.6 Å². The van der Waals surface area contributed by atoms with Crippen molar-refractivity contribution in [2.24, 2.45) is 5.73 Å². The molecule has 1 aromatic heterocycles. The Bertz CT molecular complexity index is 511. The molecule has 5 nitrogen and oxygen atoms in total. The van der Waals surface area contributed by atoms with Gasteiger partial charge in [-0.2, -0.15) is 0 Å². The first-order chi connectivity index (χ1) is 8.65. The Morgan fingerprint density at radius 2 is 2.17 bits per heavy atom. The average Bonchev–Trinajstić information content (AvgIpc) is 2.84. The number of amides is 1. The molecule has 0 spiro atoms. The molecular weight excluding hydrogens is 237 g/mol. The van der Waals surface area contributed by atoms with Crippen molar-refractivity contribution in [1.82, 2.24) is 9.97 Å². The largest absolute Gasteiger partial charge is 0.438 e. The highest BCUT2D eigenvalue weighted by Crippen LogP contribution is 2.19. The maximum atomic E-state index is 12.8. The summed E-state index contributed by atoms with van der Waals surface area (Å²) < 4.78 is 17.8. The second-order valence-corrected chi connectivity index (χ2v) is 3.73. The molecule has 0 fully saturated rings. The van der Waals surface area contributed by atoms with Crippen molar-refractivity contribution in [1.29, 1.82) is 0 Å². The standard InChI is InChI=1S/C12H12FN3O2/c13-9-3-1-8(2-4-9)7-10(18-12(14)17)11-15-5-6-16-11/h1-6,10H,7H2,(H2,14,17)(H,15,16)/t10-/m0/s1. The van der Waals surface area contributed by atoms with Crippen LogP contribution in [0.4, 0.5) is 9.18 Å². The van der Waals surface area contributed by atoms with Crippen LogP contribution in [-0.2, 0) is 11.2 Å². The minimum atomic E-state index is -0.876. The Morgan fingerprint density at radius 3 is 2.72 bits per heavy atom. The number of ether oxygens (including phenoxy) is 1. The van der Waals surface area contributed by atoms with Crippen molar-refractivity contribution in [3.63, 3.8) is 0 Å². The number of aromatic amines is 1. The highest BCUT2D eigenvalue weighted by Gasteiger charge is 2.18. The molecule has 2 rings (SSSR count). The number of aromatic nitrogens is 2. The molecule has 0 aliphatic heterocycles. The van der Waals surface area contributed by atoms with Crippen LogP contribution in [-0.4, -0.2) is 16.1 Å². The molecule has 0 unspecified atom stereocenters. The Kier molecular flexibility index (Phi) is 3.57. The number of nitrogens with two attached hydrogens (primary N) is 1. The number of primary amides is 1. The normalized spacial score (nSPS) is 12.1. The molecule has 0 saturated heterocycles. The van der Waals surface area contributed by atoms with Crippen LogP contribution in [0, 0.1) is 5.82 Å². The fourth-order valence-corrected chi connectivity index (χ4v) is 1.62. The minimum Gasteiger partial charge on any atom is -0.438 e. The molecule has 0 aliphatic rings. The molecule has 0 saturated carbocycles. The summed E-state index contributed by atoms with van der Waals surface area (Å²) in [6.45, 7) is 0.